The topological polar surface area (TPSA) is 49.4 Å². The maximum atomic E-state index is 13.3. The summed E-state index contributed by atoms with van der Waals surface area (Å²) >= 11 is 0. The highest BCUT2D eigenvalue weighted by Crippen LogP contribution is 2.35. The van der Waals surface area contributed by atoms with E-state index >= 15 is 0 Å². The Labute approximate surface area is 160 Å². The number of carbonyl (C=O) groups excluding carboxylic acids is 2. The van der Waals surface area contributed by atoms with Crippen LogP contribution < -0.4 is 5.32 Å². The van der Waals surface area contributed by atoms with Gasteiger partial charge in [-0.25, -0.2) is 0 Å². The molecule has 2 atom stereocenters. The van der Waals surface area contributed by atoms with Crippen LogP contribution in [-0.2, 0) is 4.79 Å². The molecule has 0 bridgehead atoms. The third-order valence-corrected chi connectivity index (χ3v) is 5.58. The van der Waals surface area contributed by atoms with Crippen molar-refractivity contribution in [3.8, 4) is 0 Å². The maximum Gasteiger partial charge on any atom is 0.254 e. The van der Waals surface area contributed by atoms with E-state index in [0.29, 0.717) is 18.2 Å². The second-order valence-electron chi connectivity index (χ2n) is 7.81. The zero-order valence-corrected chi connectivity index (χ0v) is 15.7. The number of amides is 2. The second kappa shape index (κ2) is 7.55. The normalized spacial score (nSPS) is 22.3. The van der Waals surface area contributed by atoms with Gasteiger partial charge in [-0.3, -0.25) is 9.59 Å². The van der Waals surface area contributed by atoms with Crippen molar-refractivity contribution in [2.45, 2.75) is 44.7 Å². The Morgan fingerprint density at radius 1 is 0.963 bits per heavy atom. The number of hydrogen-bond donors (Lipinski definition) is 1. The van der Waals surface area contributed by atoms with Crippen LogP contribution in [0, 0.1) is 12.8 Å². The van der Waals surface area contributed by atoms with Crippen LogP contribution in [0.1, 0.15) is 53.2 Å². The maximum absolute atomic E-state index is 13.3. The first-order chi connectivity index (χ1) is 13.1. The summed E-state index contributed by atoms with van der Waals surface area (Å²) in [6.07, 6.45) is 3.79. The first-order valence-electron chi connectivity index (χ1n) is 9.85. The zero-order chi connectivity index (χ0) is 18.8. The van der Waals surface area contributed by atoms with Gasteiger partial charge in [-0.15, -0.1) is 0 Å². The van der Waals surface area contributed by atoms with Crippen molar-refractivity contribution in [2.24, 2.45) is 5.92 Å². The summed E-state index contributed by atoms with van der Waals surface area (Å²) in [4.78, 5) is 27.8. The van der Waals surface area contributed by atoms with Gasteiger partial charge in [0.2, 0.25) is 5.91 Å². The predicted octanol–water partition coefficient (Wildman–Crippen LogP) is 3.87. The molecular formula is C23H26N2O2. The van der Waals surface area contributed by atoms with Crippen molar-refractivity contribution in [1.29, 1.82) is 0 Å². The first kappa shape index (κ1) is 17.8. The molecule has 0 aromatic heterocycles. The molecular weight excluding hydrogens is 336 g/mol. The molecule has 1 heterocycles. The quantitative estimate of drug-likeness (QED) is 0.898. The molecule has 4 heteroatoms. The van der Waals surface area contributed by atoms with Gasteiger partial charge < -0.3 is 10.2 Å². The number of rotatable bonds is 4. The zero-order valence-electron chi connectivity index (χ0n) is 15.7. The van der Waals surface area contributed by atoms with E-state index in [9.17, 15) is 9.59 Å². The van der Waals surface area contributed by atoms with E-state index in [1.807, 2.05) is 41.3 Å². The number of nitrogens with one attached hydrogen (secondary N) is 1. The van der Waals surface area contributed by atoms with Crippen molar-refractivity contribution >= 4 is 11.8 Å². The lowest BCUT2D eigenvalue weighted by atomic mass is 9.87. The van der Waals surface area contributed by atoms with Crippen LogP contribution in [0.2, 0.25) is 0 Å². The van der Waals surface area contributed by atoms with Gasteiger partial charge in [-0.1, -0.05) is 48.0 Å². The minimum Gasteiger partial charge on any atom is -0.353 e. The molecule has 1 saturated heterocycles. The van der Waals surface area contributed by atoms with E-state index in [2.05, 4.69) is 30.4 Å². The Morgan fingerprint density at radius 3 is 2.44 bits per heavy atom. The Balaban J connectivity index is 1.60. The van der Waals surface area contributed by atoms with E-state index in [4.69, 9.17) is 0 Å². The van der Waals surface area contributed by atoms with Gasteiger partial charge in [0.05, 0.1) is 12.0 Å². The number of likely N-dealkylation sites (tertiary alicyclic amines) is 1. The third-order valence-electron chi connectivity index (χ3n) is 5.58. The molecule has 2 aromatic carbocycles. The second-order valence-corrected chi connectivity index (χ2v) is 7.81. The fourth-order valence-electron chi connectivity index (χ4n) is 3.93. The first-order valence-corrected chi connectivity index (χ1v) is 9.85. The van der Waals surface area contributed by atoms with E-state index in [0.717, 1.165) is 31.2 Å². The van der Waals surface area contributed by atoms with E-state index in [1.54, 1.807) is 0 Å². The van der Waals surface area contributed by atoms with Crippen LogP contribution >= 0.6 is 0 Å². The van der Waals surface area contributed by atoms with Gasteiger partial charge >= 0.3 is 0 Å². The fraction of sp³-hybridized carbons (Fsp3) is 0.391. The van der Waals surface area contributed by atoms with E-state index < -0.39 is 0 Å². The largest absolute Gasteiger partial charge is 0.353 e. The van der Waals surface area contributed by atoms with Gasteiger partial charge in [0.1, 0.15) is 0 Å². The summed E-state index contributed by atoms with van der Waals surface area (Å²) in [7, 11) is 0. The average molecular weight is 362 g/mol. The number of hydrogen-bond acceptors (Lipinski definition) is 2. The molecule has 1 saturated carbocycles. The van der Waals surface area contributed by atoms with Crippen LogP contribution in [0.15, 0.2) is 54.6 Å². The summed E-state index contributed by atoms with van der Waals surface area (Å²) in [6.45, 7) is 2.55. The van der Waals surface area contributed by atoms with Gasteiger partial charge in [0.25, 0.3) is 5.91 Å². The van der Waals surface area contributed by atoms with Crippen molar-refractivity contribution in [2.75, 3.05) is 6.54 Å². The van der Waals surface area contributed by atoms with Crippen molar-refractivity contribution < 1.29 is 9.59 Å². The molecule has 27 heavy (non-hydrogen) atoms. The minimum absolute atomic E-state index is 0.00558. The average Bonchev–Trinajstić information content (AvgIpc) is 3.51. The van der Waals surface area contributed by atoms with Crippen molar-refractivity contribution in [1.82, 2.24) is 10.2 Å². The molecule has 2 fully saturated rings. The summed E-state index contributed by atoms with van der Waals surface area (Å²) in [5.74, 6) is -0.0172. The molecule has 2 aromatic rings. The summed E-state index contributed by atoms with van der Waals surface area (Å²) in [6, 6.07) is 18.1. The standard InChI is InChI=1S/C23H26N2O2/c1-16-6-5-9-18(14-16)21-13-10-19(22(26)24-20-11-12-20)15-25(21)23(27)17-7-3-2-4-8-17/h2-9,14,19-21H,10-13,15H2,1H3,(H,24,26). The van der Waals surface area contributed by atoms with Gasteiger partial charge in [0.15, 0.2) is 0 Å². The number of piperidine rings is 1. The molecule has 0 spiro atoms. The van der Waals surface area contributed by atoms with Crippen molar-refractivity contribution in [3.05, 3.63) is 71.3 Å². The van der Waals surface area contributed by atoms with Gasteiger partial charge in [-0.2, -0.15) is 0 Å². The molecule has 1 aliphatic carbocycles. The predicted molar refractivity (Wildman–Crippen MR) is 105 cm³/mol. The molecule has 2 aliphatic rings. The highest BCUT2D eigenvalue weighted by molar-refractivity contribution is 5.95. The Kier molecular flexibility index (Phi) is 4.97. The highest BCUT2D eigenvalue weighted by Gasteiger charge is 2.37. The lowest BCUT2D eigenvalue weighted by molar-refractivity contribution is -0.127. The summed E-state index contributed by atoms with van der Waals surface area (Å²) in [5, 5.41) is 3.11. The van der Waals surface area contributed by atoms with Crippen LogP contribution in [0.5, 0.6) is 0 Å². The molecule has 4 rings (SSSR count). The van der Waals surface area contributed by atoms with Gasteiger partial charge in [0, 0.05) is 18.2 Å². The Hall–Kier alpha value is -2.62. The minimum atomic E-state index is -0.126. The number of benzene rings is 2. The Bertz CT molecular complexity index is 829. The fourth-order valence-corrected chi connectivity index (χ4v) is 3.93. The lowest BCUT2D eigenvalue weighted by Gasteiger charge is -2.39. The molecule has 2 unspecified atom stereocenters. The Morgan fingerprint density at radius 2 is 1.74 bits per heavy atom. The van der Waals surface area contributed by atoms with Crippen molar-refractivity contribution in [3.63, 3.8) is 0 Å². The number of aryl methyl sites for hydroxylation is 1. The van der Waals surface area contributed by atoms with Crippen LogP contribution in [0.4, 0.5) is 0 Å². The number of carbonyl (C=O) groups is 2. The summed E-state index contributed by atoms with van der Waals surface area (Å²) in [5.41, 5.74) is 3.02. The van der Waals surface area contributed by atoms with Crippen LogP contribution in [0.3, 0.4) is 0 Å². The highest BCUT2D eigenvalue weighted by atomic mass is 16.2. The van der Waals surface area contributed by atoms with Crippen LogP contribution in [-0.4, -0.2) is 29.3 Å². The molecule has 4 nitrogen and oxygen atoms in total. The van der Waals surface area contributed by atoms with Gasteiger partial charge in [-0.05, 0) is 50.3 Å². The smallest absolute Gasteiger partial charge is 0.254 e. The molecule has 1 N–H and O–H groups in total. The molecule has 140 valence electrons. The third kappa shape index (κ3) is 4.05. The lowest BCUT2D eigenvalue weighted by Crippen LogP contribution is -2.47. The summed E-state index contributed by atoms with van der Waals surface area (Å²) < 4.78 is 0. The monoisotopic (exact) mass is 362 g/mol. The SMILES string of the molecule is Cc1cccc(C2CCC(C(=O)NC3CC3)CN2C(=O)c2ccccc2)c1. The number of nitrogens with zero attached hydrogens (tertiary/aromatic N) is 1. The van der Waals surface area contributed by atoms with Crippen LogP contribution in [0.25, 0.3) is 0 Å². The van der Waals surface area contributed by atoms with E-state index in [1.165, 1.54) is 5.56 Å². The molecule has 2 amide bonds. The molecule has 0 radical (unpaired) electrons. The molecule has 1 aliphatic heterocycles. The van der Waals surface area contributed by atoms with E-state index in [-0.39, 0.29) is 23.8 Å².